The minimum Gasteiger partial charge on any atom is -0.346 e. The van der Waals surface area contributed by atoms with E-state index in [1.165, 1.54) is 12.8 Å². The highest BCUT2D eigenvalue weighted by molar-refractivity contribution is 5.85. The van der Waals surface area contributed by atoms with Gasteiger partial charge in [0.2, 0.25) is 11.8 Å². The van der Waals surface area contributed by atoms with E-state index in [-0.39, 0.29) is 37.3 Å². The Balaban J connectivity index is 0.00000289. The van der Waals surface area contributed by atoms with Crippen LogP contribution in [0.1, 0.15) is 32.6 Å². The molecule has 2 amide bonds. The van der Waals surface area contributed by atoms with Gasteiger partial charge in [0.05, 0.1) is 13.1 Å². The molecule has 3 N–H and O–H groups in total. The molecule has 1 saturated carbocycles. The summed E-state index contributed by atoms with van der Waals surface area (Å²) in [6, 6.07) is 0.327. The number of carbonyl (C=O) groups excluding carboxylic acids is 2. The van der Waals surface area contributed by atoms with Crippen LogP contribution in [0.2, 0.25) is 0 Å². The summed E-state index contributed by atoms with van der Waals surface area (Å²) in [5, 5.41) is 2.51. The van der Waals surface area contributed by atoms with Gasteiger partial charge in [-0.2, -0.15) is 0 Å². The van der Waals surface area contributed by atoms with Crippen LogP contribution in [0.15, 0.2) is 0 Å². The highest BCUT2D eigenvalue weighted by Gasteiger charge is 2.24. The quantitative estimate of drug-likeness (QED) is 0.787. The van der Waals surface area contributed by atoms with Crippen molar-refractivity contribution in [2.75, 3.05) is 20.1 Å². The first-order valence-corrected chi connectivity index (χ1v) is 6.27. The van der Waals surface area contributed by atoms with E-state index in [0.717, 1.165) is 18.8 Å². The van der Waals surface area contributed by atoms with Crippen molar-refractivity contribution in [1.29, 1.82) is 0 Å². The Morgan fingerprint density at radius 3 is 2.33 bits per heavy atom. The third-order valence-electron chi connectivity index (χ3n) is 3.55. The van der Waals surface area contributed by atoms with Gasteiger partial charge in [-0.3, -0.25) is 9.59 Å². The molecule has 0 heterocycles. The van der Waals surface area contributed by atoms with Crippen molar-refractivity contribution in [2.24, 2.45) is 11.7 Å². The van der Waals surface area contributed by atoms with Gasteiger partial charge in [0.1, 0.15) is 0 Å². The zero-order chi connectivity index (χ0) is 12.8. The molecule has 0 bridgehead atoms. The first kappa shape index (κ1) is 17.2. The predicted octanol–water partition coefficient (Wildman–Crippen LogP) is 0.520. The molecule has 1 rings (SSSR count). The molecule has 0 saturated heterocycles. The fraction of sp³-hybridized carbons (Fsp3) is 0.833. The minimum absolute atomic E-state index is 0. The maximum atomic E-state index is 11.8. The number of likely N-dealkylation sites (N-methyl/N-ethyl adjacent to an activating group) is 1. The van der Waals surface area contributed by atoms with Gasteiger partial charge in [-0.15, -0.1) is 12.4 Å². The molecule has 0 spiro atoms. The van der Waals surface area contributed by atoms with Gasteiger partial charge >= 0.3 is 0 Å². The van der Waals surface area contributed by atoms with Crippen molar-refractivity contribution in [2.45, 2.75) is 38.6 Å². The molecule has 18 heavy (non-hydrogen) atoms. The second kappa shape index (κ2) is 8.32. The van der Waals surface area contributed by atoms with Crippen molar-refractivity contribution in [3.63, 3.8) is 0 Å². The Hall–Kier alpha value is -0.810. The lowest BCUT2D eigenvalue weighted by Crippen LogP contribution is -2.45. The van der Waals surface area contributed by atoms with E-state index >= 15 is 0 Å². The number of nitrogens with one attached hydrogen (secondary N) is 1. The molecule has 0 aliphatic heterocycles. The van der Waals surface area contributed by atoms with Crippen LogP contribution in [0.3, 0.4) is 0 Å². The number of rotatable bonds is 4. The summed E-state index contributed by atoms with van der Waals surface area (Å²) < 4.78 is 0. The summed E-state index contributed by atoms with van der Waals surface area (Å²) in [6.07, 6.45) is 4.48. The molecule has 1 fully saturated rings. The van der Waals surface area contributed by atoms with Gasteiger partial charge in [0, 0.05) is 13.1 Å². The third-order valence-corrected chi connectivity index (χ3v) is 3.55. The summed E-state index contributed by atoms with van der Waals surface area (Å²) in [5.74, 6) is 0.446. The summed E-state index contributed by atoms with van der Waals surface area (Å²) in [7, 11) is 1.82. The number of amides is 2. The molecule has 1 aliphatic carbocycles. The Morgan fingerprint density at radius 2 is 1.83 bits per heavy atom. The molecule has 0 aromatic rings. The van der Waals surface area contributed by atoms with Gasteiger partial charge in [-0.1, -0.05) is 6.92 Å². The molecule has 0 aromatic heterocycles. The monoisotopic (exact) mass is 277 g/mol. The third kappa shape index (κ3) is 5.23. The molecular weight excluding hydrogens is 254 g/mol. The SMILES string of the molecule is CC1CCC(N(C)C(=O)CNC(=O)CN)CC1.Cl. The Morgan fingerprint density at radius 1 is 1.28 bits per heavy atom. The topological polar surface area (TPSA) is 75.4 Å². The number of hydrogen-bond acceptors (Lipinski definition) is 3. The number of nitrogens with zero attached hydrogens (tertiary/aromatic N) is 1. The fourth-order valence-electron chi connectivity index (χ4n) is 2.20. The normalized spacial score (nSPS) is 22.8. The average Bonchev–Trinajstić information content (AvgIpc) is 2.35. The van der Waals surface area contributed by atoms with E-state index in [1.54, 1.807) is 4.90 Å². The van der Waals surface area contributed by atoms with Crippen molar-refractivity contribution in [3.05, 3.63) is 0 Å². The van der Waals surface area contributed by atoms with Crippen LogP contribution < -0.4 is 11.1 Å². The van der Waals surface area contributed by atoms with Gasteiger partial charge in [0.25, 0.3) is 0 Å². The number of carbonyl (C=O) groups is 2. The van der Waals surface area contributed by atoms with Crippen molar-refractivity contribution < 1.29 is 9.59 Å². The molecular formula is C12H24ClN3O2. The van der Waals surface area contributed by atoms with Crippen molar-refractivity contribution in [3.8, 4) is 0 Å². The molecule has 6 heteroatoms. The van der Waals surface area contributed by atoms with E-state index in [0.29, 0.717) is 6.04 Å². The van der Waals surface area contributed by atoms with Crippen LogP contribution in [0.25, 0.3) is 0 Å². The number of nitrogens with two attached hydrogens (primary N) is 1. The zero-order valence-electron chi connectivity index (χ0n) is 11.1. The first-order chi connectivity index (χ1) is 8.04. The molecule has 0 atom stereocenters. The van der Waals surface area contributed by atoms with E-state index in [4.69, 9.17) is 5.73 Å². The maximum Gasteiger partial charge on any atom is 0.241 e. The van der Waals surface area contributed by atoms with Crippen molar-refractivity contribution in [1.82, 2.24) is 10.2 Å². The number of halogens is 1. The molecule has 0 unspecified atom stereocenters. The Kier molecular flexibility index (Phi) is 7.95. The summed E-state index contributed by atoms with van der Waals surface area (Å²) in [4.78, 5) is 24.5. The predicted molar refractivity (Wildman–Crippen MR) is 73.5 cm³/mol. The van der Waals surface area contributed by atoms with Gasteiger partial charge in [-0.25, -0.2) is 0 Å². The molecule has 106 valence electrons. The van der Waals surface area contributed by atoms with Crippen LogP contribution in [0.4, 0.5) is 0 Å². The Bertz CT molecular complexity index is 278. The van der Waals surface area contributed by atoms with Gasteiger partial charge < -0.3 is 16.0 Å². The maximum absolute atomic E-state index is 11.8. The van der Waals surface area contributed by atoms with Gasteiger partial charge in [-0.05, 0) is 31.6 Å². The fourth-order valence-corrected chi connectivity index (χ4v) is 2.20. The zero-order valence-corrected chi connectivity index (χ0v) is 12.0. The largest absolute Gasteiger partial charge is 0.346 e. The van der Waals surface area contributed by atoms with Crippen LogP contribution in [-0.2, 0) is 9.59 Å². The smallest absolute Gasteiger partial charge is 0.241 e. The van der Waals surface area contributed by atoms with E-state index < -0.39 is 0 Å². The second-order valence-corrected chi connectivity index (χ2v) is 4.90. The summed E-state index contributed by atoms with van der Waals surface area (Å²) in [5.41, 5.74) is 5.16. The lowest BCUT2D eigenvalue weighted by molar-refractivity contribution is -0.133. The van der Waals surface area contributed by atoms with Gasteiger partial charge in [0.15, 0.2) is 0 Å². The molecule has 0 radical (unpaired) electrons. The summed E-state index contributed by atoms with van der Waals surface area (Å²) >= 11 is 0. The molecule has 1 aliphatic rings. The van der Waals surface area contributed by atoms with E-state index in [1.807, 2.05) is 7.05 Å². The van der Waals surface area contributed by atoms with Crippen molar-refractivity contribution >= 4 is 24.2 Å². The van der Waals surface area contributed by atoms with E-state index in [2.05, 4.69) is 12.2 Å². The van der Waals surface area contributed by atoms with E-state index in [9.17, 15) is 9.59 Å². The first-order valence-electron chi connectivity index (χ1n) is 6.27. The average molecular weight is 278 g/mol. The minimum atomic E-state index is -0.288. The lowest BCUT2D eigenvalue weighted by atomic mass is 9.87. The standard InChI is InChI=1S/C12H23N3O2.ClH/c1-9-3-5-10(6-4-9)15(2)12(17)8-14-11(16)7-13;/h9-10H,3-8,13H2,1-2H3,(H,14,16);1H. The van der Waals surface area contributed by atoms with Crippen LogP contribution >= 0.6 is 12.4 Å². The Labute approximate surface area is 115 Å². The molecule has 5 nitrogen and oxygen atoms in total. The van der Waals surface area contributed by atoms with Crippen LogP contribution in [-0.4, -0.2) is 42.9 Å². The summed E-state index contributed by atoms with van der Waals surface area (Å²) in [6.45, 7) is 2.23. The second-order valence-electron chi connectivity index (χ2n) is 4.90. The van der Waals surface area contributed by atoms with Crippen LogP contribution in [0, 0.1) is 5.92 Å². The highest BCUT2D eigenvalue weighted by Crippen LogP contribution is 2.26. The lowest BCUT2D eigenvalue weighted by Gasteiger charge is -2.33. The van der Waals surface area contributed by atoms with Crippen LogP contribution in [0.5, 0.6) is 0 Å². The molecule has 0 aromatic carbocycles. The highest BCUT2D eigenvalue weighted by atomic mass is 35.5. The number of hydrogen-bond donors (Lipinski definition) is 2.